The van der Waals surface area contributed by atoms with Crippen molar-refractivity contribution in [2.75, 3.05) is 12.4 Å². The Hall–Kier alpha value is -2.92. The zero-order valence-electron chi connectivity index (χ0n) is 20.4. The lowest BCUT2D eigenvalue weighted by Gasteiger charge is -2.36. The van der Waals surface area contributed by atoms with E-state index in [9.17, 15) is 31.5 Å². The highest BCUT2D eigenvalue weighted by atomic mass is 32.2. The molecule has 11 heteroatoms. The maximum Gasteiger partial charge on any atom is 0.391 e. The lowest BCUT2D eigenvalue weighted by Crippen LogP contribution is -2.48. The number of primary amides is 1. The van der Waals surface area contributed by atoms with Crippen LogP contribution in [-0.2, 0) is 21.1 Å². The van der Waals surface area contributed by atoms with E-state index in [0.29, 0.717) is 35.9 Å². The van der Waals surface area contributed by atoms with Crippen molar-refractivity contribution in [3.8, 4) is 0 Å². The number of amides is 1. The third-order valence-electron chi connectivity index (χ3n) is 7.50. The Morgan fingerprint density at radius 1 is 1.14 bits per heavy atom. The fourth-order valence-corrected chi connectivity index (χ4v) is 7.12. The molecule has 2 aromatic heterocycles. The van der Waals surface area contributed by atoms with Gasteiger partial charge in [0.05, 0.1) is 23.8 Å². The van der Waals surface area contributed by atoms with Gasteiger partial charge in [0.2, 0.25) is 5.91 Å². The predicted molar refractivity (Wildman–Crippen MR) is 134 cm³/mol. The van der Waals surface area contributed by atoms with Crippen LogP contribution in [0.2, 0.25) is 0 Å². The number of hydrogen-bond acceptors (Lipinski definition) is 5. The van der Waals surface area contributed by atoms with Gasteiger partial charge in [0.25, 0.3) is 0 Å². The average Bonchev–Trinajstić information content (AvgIpc) is 3.22. The van der Waals surface area contributed by atoms with Crippen LogP contribution in [0.1, 0.15) is 54.2 Å². The van der Waals surface area contributed by atoms with E-state index in [1.807, 2.05) is 0 Å². The minimum Gasteiger partial charge on any atom is -0.392 e. The SMILES string of the molecule is CCS(=O)(=O)C(CO)(c1ccccc1)n1c(CC2CCC(C(F)(F)F)CC2)cc2cc(C(N)=O)cnc21. The summed E-state index contributed by atoms with van der Waals surface area (Å²) < 4.78 is 68.7. The van der Waals surface area contributed by atoms with Gasteiger partial charge < -0.3 is 15.4 Å². The molecule has 2 heterocycles. The maximum absolute atomic E-state index is 13.8. The molecule has 37 heavy (non-hydrogen) atoms. The van der Waals surface area contributed by atoms with Crippen molar-refractivity contribution < 1.29 is 31.5 Å². The minimum absolute atomic E-state index is 0.00948. The van der Waals surface area contributed by atoms with E-state index in [4.69, 9.17) is 5.73 Å². The van der Waals surface area contributed by atoms with Gasteiger partial charge in [-0.1, -0.05) is 37.3 Å². The van der Waals surface area contributed by atoms with E-state index in [2.05, 4.69) is 4.98 Å². The number of hydrogen-bond donors (Lipinski definition) is 2. The molecule has 0 aliphatic heterocycles. The molecule has 3 N–H and O–H groups in total. The quantitative estimate of drug-likeness (QED) is 0.448. The van der Waals surface area contributed by atoms with E-state index in [1.54, 1.807) is 36.4 Å². The van der Waals surface area contributed by atoms with Crippen LogP contribution in [0.3, 0.4) is 0 Å². The number of rotatable bonds is 8. The molecular weight excluding hydrogens is 507 g/mol. The summed E-state index contributed by atoms with van der Waals surface area (Å²) in [6, 6.07) is 11.5. The van der Waals surface area contributed by atoms with Gasteiger partial charge in [-0.15, -0.1) is 0 Å². The van der Waals surface area contributed by atoms with E-state index in [-0.39, 0.29) is 35.7 Å². The number of carbonyl (C=O) groups excluding carboxylic acids is 1. The maximum atomic E-state index is 13.8. The molecule has 1 aromatic carbocycles. The Labute approximate surface area is 213 Å². The first kappa shape index (κ1) is 27.1. The number of benzene rings is 1. The standard InChI is InChI=1S/C26H30F3N3O4S/c1-2-37(35,36)25(16-33,20-6-4-3-5-7-20)32-22(12-17-8-10-21(11-9-17)26(27,28)29)14-18-13-19(23(30)34)15-31-24(18)32/h3-7,13-15,17,21,33H,2,8-12,16H2,1H3,(H2,30,34). The fraction of sp³-hybridized carbons (Fsp3) is 0.462. The molecule has 0 bridgehead atoms. The monoisotopic (exact) mass is 537 g/mol. The zero-order chi connectivity index (χ0) is 27.0. The second-order valence-corrected chi connectivity index (χ2v) is 12.1. The van der Waals surface area contributed by atoms with Crippen LogP contribution in [0.15, 0.2) is 48.7 Å². The van der Waals surface area contributed by atoms with Crippen LogP contribution >= 0.6 is 0 Å². The average molecular weight is 538 g/mol. The second-order valence-electron chi connectivity index (χ2n) is 9.65. The van der Waals surface area contributed by atoms with Crippen molar-refractivity contribution in [1.82, 2.24) is 9.55 Å². The van der Waals surface area contributed by atoms with Crippen molar-refractivity contribution in [3.05, 3.63) is 65.5 Å². The number of halogens is 3. The first-order valence-corrected chi connectivity index (χ1v) is 13.9. The molecule has 0 saturated heterocycles. The Morgan fingerprint density at radius 3 is 2.32 bits per heavy atom. The molecule has 3 aromatic rings. The van der Waals surface area contributed by atoms with Crippen LogP contribution in [-0.4, -0.2) is 47.5 Å². The van der Waals surface area contributed by atoms with Crippen LogP contribution in [0, 0.1) is 11.8 Å². The Balaban J connectivity index is 1.91. The summed E-state index contributed by atoms with van der Waals surface area (Å²) in [5.41, 5.74) is 6.64. The molecule has 200 valence electrons. The number of carbonyl (C=O) groups is 1. The van der Waals surface area contributed by atoms with Gasteiger partial charge in [0.1, 0.15) is 5.65 Å². The Kier molecular flexibility index (Phi) is 7.40. The largest absolute Gasteiger partial charge is 0.392 e. The number of aliphatic hydroxyl groups is 1. The number of alkyl halides is 3. The van der Waals surface area contributed by atoms with Crippen molar-refractivity contribution in [2.45, 2.75) is 50.1 Å². The predicted octanol–water partition coefficient (Wildman–Crippen LogP) is 4.17. The highest BCUT2D eigenvalue weighted by Crippen LogP contribution is 2.43. The fourth-order valence-electron chi connectivity index (χ4n) is 5.47. The molecule has 1 saturated carbocycles. The summed E-state index contributed by atoms with van der Waals surface area (Å²) >= 11 is 0. The van der Waals surface area contributed by atoms with Crippen LogP contribution < -0.4 is 5.73 Å². The van der Waals surface area contributed by atoms with Gasteiger partial charge in [0, 0.05) is 17.3 Å². The molecule has 1 atom stereocenters. The normalized spacial score (nSPS) is 20.6. The summed E-state index contributed by atoms with van der Waals surface area (Å²) in [5.74, 6) is -2.44. The summed E-state index contributed by atoms with van der Waals surface area (Å²) in [5, 5.41) is 11.3. The number of sulfone groups is 1. The van der Waals surface area contributed by atoms with Crippen LogP contribution in [0.5, 0.6) is 0 Å². The van der Waals surface area contributed by atoms with Gasteiger partial charge in [-0.2, -0.15) is 13.2 Å². The van der Waals surface area contributed by atoms with Crippen molar-refractivity contribution >= 4 is 26.8 Å². The Morgan fingerprint density at radius 2 is 1.78 bits per heavy atom. The molecule has 7 nitrogen and oxygen atoms in total. The molecule has 1 unspecified atom stereocenters. The van der Waals surface area contributed by atoms with Crippen LogP contribution in [0.25, 0.3) is 11.0 Å². The molecular formula is C26H30F3N3O4S. The molecule has 0 spiro atoms. The number of aliphatic hydroxyl groups excluding tert-OH is 1. The third-order valence-corrected chi connectivity index (χ3v) is 9.84. The number of nitrogens with two attached hydrogens (primary N) is 1. The van der Waals surface area contributed by atoms with Gasteiger partial charge in [-0.3, -0.25) is 4.79 Å². The molecule has 1 amide bonds. The first-order valence-electron chi connectivity index (χ1n) is 12.2. The van der Waals surface area contributed by atoms with Crippen molar-refractivity contribution in [1.29, 1.82) is 0 Å². The summed E-state index contributed by atoms with van der Waals surface area (Å²) in [4.78, 5) is 14.3. The van der Waals surface area contributed by atoms with E-state index < -0.39 is 39.3 Å². The lowest BCUT2D eigenvalue weighted by atomic mass is 9.79. The van der Waals surface area contributed by atoms with Gasteiger partial charge >= 0.3 is 6.18 Å². The van der Waals surface area contributed by atoms with Gasteiger partial charge in [0.15, 0.2) is 14.7 Å². The van der Waals surface area contributed by atoms with E-state index in [1.165, 1.54) is 23.8 Å². The number of nitrogens with zero attached hydrogens (tertiary/aromatic N) is 2. The highest BCUT2D eigenvalue weighted by Gasteiger charge is 2.48. The number of aromatic nitrogens is 2. The number of pyridine rings is 1. The van der Waals surface area contributed by atoms with Crippen molar-refractivity contribution in [3.63, 3.8) is 0 Å². The molecule has 1 aliphatic rings. The lowest BCUT2D eigenvalue weighted by molar-refractivity contribution is -0.183. The summed E-state index contributed by atoms with van der Waals surface area (Å²) in [6.07, 6.45) is -1.99. The number of fused-ring (bicyclic) bond motifs is 1. The van der Waals surface area contributed by atoms with Gasteiger partial charge in [-0.25, -0.2) is 13.4 Å². The topological polar surface area (TPSA) is 115 Å². The minimum atomic E-state index is -4.23. The molecule has 0 radical (unpaired) electrons. The highest BCUT2D eigenvalue weighted by molar-refractivity contribution is 7.92. The van der Waals surface area contributed by atoms with E-state index in [0.717, 1.165) is 0 Å². The summed E-state index contributed by atoms with van der Waals surface area (Å²) in [6.45, 7) is 0.703. The van der Waals surface area contributed by atoms with Gasteiger partial charge in [-0.05, 0) is 55.7 Å². The second kappa shape index (κ2) is 10.1. The van der Waals surface area contributed by atoms with Crippen LogP contribution in [0.4, 0.5) is 13.2 Å². The Bertz CT molecular complexity index is 1380. The van der Waals surface area contributed by atoms with Crippen molar-refractivity contribution in [2.24, 2.45) is 17.6 Å². The molecule has 4 rings (SSSR count). The zero-order valence-corrected chi connectivity index (χ0v) is 21.2. The smallest absolute Gasteiger partial charge is 0.391 e. The third kappa shape index (κ3) is 4.86. The summed E-state index contributed by atoms with van der Waals surface area (Å²) in [7, 11) is -4.02. The molecule has 1 aliphatic carbocycles. The van der Waals surface area contributed by atoms with E-state index >= 15 is 0 Å². The first-order chi connectivity index (χ1) is 17.4. The molecule has 1 fully saturated rings.